The van der Waals surface area contributed by atoms with E-state index in [9.17, 15) is 9.59 Å². The summed E-state index contributed by atoms with van der Waals surface area (Å²) in [6.45, 7) is 9.39. The number of nitrogens with two attached hydrogens (primary N) is 1. The van der Waals surface area contributed by atoms with Gasteiger partial charge in [0.15, 0.2) is 0 Å². The molecule has 4 N–H and O–H groups in total. The average Bonchev–Trinajstić information content (AvgIpc) is 3.33. The van der Waals surface area contributed by atoms with Crippen molar-refractivity contribution < 1.29 is 14.3 Å². The number of rotatable bonds is 10. The van der Waals surface area contributed by atoms with E-state index in [-0.39, 0.29) is 30.5 Å². The first kappa shape index (κ1) is 28.9. The predicted molar refractivity (Wildman–Crippen MR) is 162 cm³/mol. The first-order valence-corrected chi connectivity index (χ1v) is 13.6. The van der Waals surface area contributed by atoms with Gasteiger partial charge in [-0.2, -0.15) is 0 Å². The smallest absolute Gasteiger partial charge is 0.251 e. The fourth-order valence-corrected chi connectivity index (χ4v) is 4.45. The Bertz CT molecular complexity index is 1510. The molecule has 9 heteroatoms. The Morgan fingerprint density at radius 3 is 2.48 bits per heavy atom. The van der Waals surface area contributed by atoms with Crippen LogP contribution in [-0.4, -0.2) is 53.3 Å². The van der Waals surface area contributed by atoms with E-state index in [0.717, 1.165) is 39.2 Å². The van der Waals surface area contributed by atoms with Crippen molar-refractivity contribution in [2.75, 3.05) is 6.54 Å². The summed E-state index contributed by atoms with van der Waals surface area (Å²) >= 11 is 0. The molecule has 0 aliphatic heterocycles. The van der Waals surface area contributed by atoms with Crippen LogP contribution < -0.4 is 26.6 Å². The van der Waals surface area contributed by atoms with E-state index in [2.05, 4.69) is 10.6 Å². The van der Waals surface area contributed by atoms with E-state index in [1.807, 2.05) is 93.9 Å². The number of nitrogens with zero attached hydrogens (tertiary/aromatic N) is 2. The highest BCUT2D eigenvalue weighted by molar-refractivity contribution is 6.36. The Morgan fingerprint density at radius 2 is 1.85 bits per heavy atom. The lowest BCUT2D eigenvalue weighted by Gasteiger charge is -2.23. The van der Waals surface area contributed by atoms with Gasteiger partial charge in [-0.1, -0.05) is 30.3 Å². The Hall–Kier alpha value is -4.11. The van der Waals surface area contributed by atoms with Crippen LogP contribution in [0.3, 0.4) is 0 Å². The molecular formula is C31H38BN5O3. The lowest BCUT2D eigenvalue weighted by Crippen LogP contribution is -2.53. The van der Waals surface area contributed by atoms with Gasteiger partial charge >= 0.3 is 0 Å². The molecule has 0 saturated carbocycles. The summed E-state index contributed by atoms with van der Waals surface area (Å²) in [7, 11) is 2.04. The van der Waals surface area contributed by atoms with Gasteiger partial charge in [0.25, 0.3) is 5.91 Å². The van der Waals surface area contributed by atoms with Crippen LogP contribution in [0.4, 0.5) is 0 Å². The number of imidazole rings is 1. The number of benzene rings is 2. The van der Waals surface area contributed by atoms with Crippen LogP contribution in [0.5, 0.6) is 5.75 Å². The lowest BCUT2D eigenvalue weighted by atomic mass is 9.98. The number of carbonyl (C=O) groups is 2. The summed E-state index contributed by atoms with van der Waals surface area (Å²) in [6.07, 6.45) is 4.57. The predicted octanol–water partition coefficient (Wildman–Crippen LogP) is 2.55. The monoisotopic (exact) mass is 539 g/mol. The third-order valence-electron chi connectivity index (χ3n) is 6.64. The first-order chi connectivity index (χ1) is 18.9. The van der Waals surface area contributed by atoms with Crippen LogP contribution >= 0.6 is 0 Å². The second kappa shape index (κ2) is 12.0. The zero-order valence-electron chi connectivity index (χ0n) is 24.1. The number of hydrogen-bond donors (Lipinski definition) is 3. The fourth-order valence-electron chi connectivity index (χ4n) is 4.45. The summed E-state index contributed by atoms with van der Waals surface area (Å²) in [5, 5.41) is 5.98. The zero-order valence-corrected chi connectivity index (χ0v) is 24.1. The molecule has 2 amide bonds. The standard InChI is InChI=1S/C31H38BN5O3/c1-19(2)40-27-13-12-23(15-20(27)3)29(38)35-24(17-34-30(39)31(4,5)33)16-21-8-10-22(11-9-21)26-18-37-14-6-7-25(32)28(37)36-26/h6-15,18-19,24H,16-17,32-33H2,1-5H3,(H,34,39)(H,35,38)/t24-/m0/s1. The maximum atomic E-state index is 13.2. The Morgan fingerprint density at radius 1 is 1.12 bits per heavy atom. The summed E-state index contributed by atoms with van der Waals surface area (Å²) in [5.41, 5.74) is 11.3. The Labute approximate surface area is 236 Å². The van der Waals surface area contributed by atoms with Crippen LogP contribution in [0, 0.1) is 6.92 Å². The van der Waals surface area contributed by atoms with Gasteiger partial charge < -0.3 is 25.5 Å². The molecule has 0 bridgehead atoms. The van der Waals surface area contributed by atoms with Crippen LogP contribution in [0.15, 0.2) is 67.0 Å². The number of amides is 2. The Balaban J connectivity index is 1.51. The zero-order chi connectivity index (χ0) is 29.0. The van der Waals surface area contributed by atoms with Gasteiger partial charge in [-0.05, 0) is 81.9 Å². The number of ether oxygens (including phenoxy) is 1. The molecule has 0 saturated heterocycles. The summed E-state index contributed by atoms with van der Waals surface area (Å²) in [5.74, 6) is 0.249. The minimum Gasteiger partial charge on any atom is -0.491 e. The summed E-state index contributed by atoms with van der Waals surface area (Å²) in [4.78, 5) is 30.5. The van der Waals surface area contributed by atoms with Crippen molar-refractivity contribution in [1.29, 1.82) is 0 Å². The van der Waals surface area contributed by atoms with Gasteiger partial charge in [0.05, 0.1) is 23.4 Å². The molecule has 8 nitrogen and oxygen atoms in total. The molecule has 4 aromatic rings. The maximum absolute atomic E-state index is 13.2. The topological polar surface area (TPSA) is 111 Å². The van der Waals surface area contributed by atoms with Crippen LogP contribution in [0.1, 0.15) is 49.2 Å². The van der Waals surface area contributed by atoms with Crippen molar-refractivity contribution in [3.8, 4) is 17.0 Å². The van der Waals surface area contributed by atoms with E-state index in [1.165, 1.54) is 0 Å². The van der Waals surface area contributed by atoms with Crippen LogP contribution in [-0.2, 0) is 11.2 Å². The molecule has 0 radical (unpaired) electrons. The highest BCUT2D eigenvalue weighted by atomic mass is 16.5. The molecule has 0 spiro atoms. The van der Waals surface area contributed by atoms with Gasteiger partial charge in [0.1, 0.15) is 19.2 Å². The molecule has 0 fully saturated rings. The molecule has 0 unspecified atom stereocenters. The highest BCUT2D eigenvalue weighted by Crippen LogP contribution is 2.22. The van der Waals surface area contributed by atoms with Crippen molar-refractivity contribution in [2.45, 2.75) is 58.7 Å². The number of hydrogen-bond acceptors (Lipinski definition) is 5. The summed E-state index contributed by atoms with van der Waals surface area (Å²) < 4.78 is 7.83. The van der Waals surface area contributed by atoms with Crippen molar-refractivity contribution in [3.05, 3.63) is 83.7 Å². The van der Waals surface area contributed by atoms with Gasteiger partial charge in [-0.15, -0.1) is 0 Å². The van der Waals surface area contributed by atoms with E-state index in [1.54, 1.807) is 19.9 Å². The SMILES string of the molecule is Bc1cccn2cc(-c3ccc(C[C@@H](CNC(=O)C(C)(C)N)NC(=O)c4ccc(OC(C)C)c(C)c4)cc3)nc12. The molecule has 4 rings (SSSR count). The van der Waals surface area contributed by atoms with Gasteiger partial charge in [-0.3, -0.25) is 9.59 Å². The van der Waals surface area contributed by atoms with E-state index in [0.29, 0.717) is 12.0 Å². The van der Waals surface area contributed by atoms with Crippen LogP contribution in [0.25, 0.3) is 16.9 Å². The first-order valence-electron chi connectivity index (χ1n) is 13.6. The second-order valence-electron chi connectivity index (χ2n) is 11.2. The van der Waals surface area contributed by atoms with E-state index in [4.69, 9.17) is 15.5 Å². The van der Waals surface area contributed by atoms with Gasteiger partial charge in [-0.25, -0.2) is 4.98 Å². The molecule has 2 aromatic carbocycles. The lowest BCUT2D eigenvalue weighted by molar-refractivity contribution is -0.125. The quantitative estimate of drug-likeness (QED) is 0.269. The van der Waals surface area contributed by atoms with E-state index >= 15 is 0 Å². The molecule has 208 valence electrons. The van der Waals surface area contributed by atoms with Crippen molar-refractivity contribution in [1.82, 2.24) is 20.0 Å². The number of carbonyl (C=O) groups excluding carboxylic acids is 2. The maximum Gasteiger partial charge on any atom is 0.251 e. The van der Waals surface area contributed by atoms with Crippen molar-refractivity contribution in [3.63, 3.8) is 0 Å². The highest BCUT2D eigenvalue weighted by Gasteiger charge is 2.23. The minimum absolute atomic E-state index is 0.0429. The molecule has 40 heavy (non-hydrogen) atoms. The fraction of sp³-hybridized carbons (Fsp3) is 0.323. The molecule has 2 heterocycles. The molecule has 1 atom stereocenters. The largest absolute Gasteiger partial charge is 0.491 e. The molecule has 0 aliphatic carbocycles. The third kappa shape index (κ3) is 7.10. The summed E-state index contributed by atoms with van der Waals surface area (Å²) in [6, 6.07) is 17.2. The Kier molecular flexibility index (Phi) is 8.64. The minimum atomic E-state index is -1.02. The third-order valence-corrected chi connectivity index (χ3v) is 6.64. The van der Waals surface area contributed by atoms with Crippen LogP contribution in [0.2, 0.25) is 0 Å². The average molecular weight is 539 g/mol. The molecule has 2 aromatic heterocycles. The number of fused-ring (bicyclic) bond motifs is 1. The van der Waals surface area contributed by atoms with E-state index < -0.39 is 5.54 Å². The normalized spacial score (nSPS) is 12.4. The number of aryl methyl sites for hydroxylation is 1. The number of nitrogens with one attached hydrogen (secondary N) is 2. The second-order valence-corrected chi connectivity index (χ2v) is 11.2. The molecular weight excluding hydrogens is 501 g/mol. The van der Waals surface area contributed by atoms with Gasteiger partial charge in [0, 0.05) is 30.1 Å². The van der Waals surface area contributed by atoms with Gasteiger partial charge in [0.2, 0.25) is 5.91 Å². The van der Waals surface area contributed by atoms with Crippen molar-refractivity contribution in [2.24, 2.45) is 5.73 Å². The molecule has 0 aliphatic rings. The number of pyridine rings is 1. The van der Waals surface area contributed by atoms with Crippen molar-refractivity contribution >= 4 is 30.8 Å². The number of aromatic nitrogens is 2.